The minimum Gasteiger partial charge on any atom is -0.377 e. The number of hydrogen-bond acceptors (Lipinski definition) is 5. The van der Waals surface area contributed by atoms with Crippen LogP contribution in [-0.4, -0.2) is 42.2 Å². The van der Waals surface area contributed by atoms with Crippen LogP contribution in [0, 0.1) is 0 Å². The number of methoxy groups -OCH3 is 1. The zero-order valence-corrected chi connectivity index (χ0v) is 11.1. The molecule has 1 amide bonds. The summed E-state index contributed by atoms with van der Waals surface area (Å²) in [7, 11) is 1.56. The van der Waals surface area contributed by atoms with Crippen molar-refractivity contribution in [1.29, 1.82) is 0 Å². The summed E-state index contributed by atoms with van der Waals surface area (Å²) in [6.45, 7) is 1.64. The van der Waals surface area contributed by atoms with Crippen LogP contribution in [0.4, 0.5) is 0 Å². The highest BCUT2D eigenvalue weighted by molar-refractivity contribution is 5.92. The molecule has 0 bridgehead atoms. The van der Waals surface area contributed by atoms with Crippen LogP contribution in [0.5, 0.6) is 0 Å². The molecule has 1 saturated heterocycles. The fraction of sp³-hybridized carbons (Fsp3) is 0.636. The van der Waals surface area contributed by atoms with Crippen molar-refractivity contribution >= 4 is 18.3 Å². The van der Waals surface area contributed by atoms with Crippen LogP contribution in [0.2, 0.25) is 0 Å². The van der Waals surface area contributed by atoms with Gasteiger partial charge in [-0.15, -0.1) is 12.4 Å². The van der Waals surface area contributed by atoms with Crippen LogP contribution < -0.4 is 5.73 Å². The molecule has 1 aromatic rings. The van der Waals surface area contributed by atoms with Crippen molar-refractivity contribution in [3.05, 3.63) is 17.5 Å². The van der Waals surface area contributed by atoms with E-state index >= 15 is 0 Å². The van der Waals surface area contributed by atoms with Crippen molar-refractivity contribution in [2.75, 3.05) is 20.2 Å². The summed E-state index contributed by atoms with van der Waals surface area (Å²) in [5.74, 6) is 0.434. The Labute approximate surface area is 112 Å². The third-order valence-electron chi connectivity index (χ3n) is 2.81. The Morgan fingerprint density at radius 3 is 3.17 bits per heavy atom. The first-order chi connectivity index (χ1) is 8.20. The van der Waals surface area contributed by atoms with Gasteiger partial charge in [0.2, 0.25) is 0 Å². The molecule has 7 heteroatoms. The van der Waals surface area contributed by atoms with Gasteiger partial charge in [-0.25, -0.2) is 0 Å². The minimum atomic E-state index is -0.119. The second-order valence-corrected chi connectivity index (χ2v) is 4.26. The molecule has 0 radical (unpaired) electrons. The number of ether oxygens (including phenoxy) is 1. The maximum Gasteiger partial charge on any atom is 0.276 e. The molecule has 0 aliphatic carbocycles. The van der Waals surface area contributed by atoms with E-state index in [0.29, 0.717) is 24.6 Å². The lowest BCUT2D eigenvalue weighted by Crippen LogP contribution is -2.45. The quantitative estimate of drug-likeness (QED) is 0.883. The highest BCUT2D eigenvalue weighted by atomic mass is 35.5. The third-order valence-corrected chi connectivity index (χ3v) is 2.81. The predicted molar refractivity (Wildman–Crippen MR) is 67.6 cm³/mol. The molecule has 2 N–H and O–H groups in total. The van der Waals surface area contributed by atoms with Gasteiger partial charge in [0.05, 0.1) is 0 Å². The molecule has 0 spiro atoms. The molecule has 1 atom stereocenters. The number of halogens is 1. The molecule has 1 fully saturated rings. The second-order valence-electron chi connectivity index (χ2n) is 4.26. The van der Waals surface area contributed by atoms with Crippen molar-refractivity contribution in [1.82, 2.24) is 10.1 Å². The normalized spacial score (nSPS) is 19.4. The number of amides is 1. The third kappa shape index (κ3) is 3.44. The molecule has 1 aliphatic heterocycles. The van der Waals surface area contributed by atoms with Crippen molar-refractivity contribution in [3.63, 3.8) is 0 Å². The summed E-state index contributed by atoms with van der Waals surface area (Å²) in [4.78, 5) is 13.8. The molecule has 1 aromatic heterocycles. The summed E-state index contributed by atoms with van der Waals surface area (Å²) < 4.78 is 9.89. The Kier molecular flexibility index (Phi) is 5.58. The van der Waals surface area contributed by atoms with Gasteiger partial charge in [0.15, 0.2) is 11.5 Å². The Morgan fingerprint density at radius 1 is 1.72 bits per heavy atom. The van der Waals surface area contributed by atoms with Gasteiger partial charge in [-0.05, 0) is 12.8 Å². The molecule has 18 heavy (non-hydrogen) atoms. The Balaban J connectivity index is 0.00000162. The maximum atomic E-state index is 12.1. The fourth-order valence-corrected chi connectivity index (χ4v) is 1.98. The molecule has 1 aliphatic rings. The Morgan fingerprint density at radius 2 is 2.50 bits per heavy atom. The monoisotopic (exact) mass is 275 g/mol. The van der Waals surface area contributed by atoms with E-state index in [4.69, 9.17) is 15.0 Å². The fourth-order valence-electron chi connectivity index (χ4n) is 1.98. The average Bonchev–Trinajstić information content (AvgIpc) is 2.77. The molecular formula is C11H18ClN3O3. The molecule has 102 valence electrons. The van der Waals surface area contributed by atoms with E-state index in [-0.39, 0.29) is 24.4 Å². The summed E-state index contributed by atoms with van der Waals surface area (Å²) in [6.07, 6.45) is 1.91. The molecular weight excluding hydrogens is 258 g/mol. The highest BCUT2D eigenvalue weighted by Gasteiger charge is 2.24. The van der Waals surface area contributed by atoms with Crippen LogP contribution in [-0.2, 0) is 11.3 Å². The van der Waals surface area contributed by atoms with Crippen LogP contribution in [0.1, 0.15) is 29.1 Å². The number of carbonyl (C=O) groups is 1. The number of nitrogens with two attached hydrogens (primary N) is 1. The van der Waals surface area contributed by atoms with E-state index in [1.807, 2.05) is 0 Å². The van der Waals surface area contributed by atoms with E-state index in [0.717, 1.165) is 19.4 Å². The summed E-state index contributed by atoms with van der Waals surface area (Å²) in [6, 6.07) is 1.68. The van der Waals surface area contributed by atoms with Crippen molar-refractivity contribution < 1.29 is 14.1 Å². The molecule has 6 nitrogen and oxygen atoms in total. The predicted octanol–water partition coefficient (Wildman–Crippen LogP) is 0.806. The number of nitrogens with zero attached hydrogens (tertiary/aromatic N) is 2. The smallest absolute Gasteiger partial charge is 0.276 e. The lowest BCUT2D eigenvalue weighted by atomic mass is 10.1. The summed E-state index contributed by atoms with van der Waals surface area (Å²) in [5.41, 5.74) is 6.16. The van der Waals surface area contributed by atoms with Crippen molar-refractivity contribution in [3.8, 4) is 0 Å². The van der Waals surface area contributed by atoms with Gasteiger partial charge < -0.3 is 19.9 Å². The van der Waals surface area contributed by atoms with Crippen molar-refractivity contribution in [2.24, 2.45) is 5.73 Å². The molecule has 0 unspecified atom stereocenters. The number of rotatable bonds is 3. The first-order valence-electron chi connectivity index (χ1n) is 5.70. The standard InChI is InChI=1S/C11H17N3O3.ClH/c1-16-7-9-5-10(13-17-9)11(15)14-4-2-3-8(12)6-14;/h5,8H,2-4,6-7,12H2,1H3;1H/t8-;/m1./s1. The van der Waals surface area contributed by atoms with Gasteiger partial charge in [-0.1, -0.05) is 5.16 Å². The van der Waals surface area contributed by atoms with Gasteiger partial charge in [-0.3, -0.25) is 4.79 Å². The molecule has 2 heterocycles. The number of hydrogen-bond donors (Lipinski definition) is 1. The highest BCUT2D eigenvalue weighted by Crippen LogP contribution is 2.13. The summed E-state index contributed by atoms with van der Waals surface area (Å²) in [5, 5.41) is 3.75. The van der Waals surface area contributed by atoms with E-state index in [1.54, 1.807) is 18.1 Å². The lowest BCUT2D eigenvalue weighted by molar-refractivity contribution is 0.0698. The van der Waals surface area contributed by atoms with Crippen molar-refractivity contribution in [2.45, 2.75) is 25.5 Å². The van der Waals surface area contributed by atoms with Gasteiger partial charge in [0.1, 0.15) is 6.61 Å². The molecule has 2 rings (SSSR count). The zero-order valence-electron chi connectivity index (χ0n) is 10.3. The number of piperidine rings is 1. The van der Waals surface area contributed by atoms with E-state index in [1.165, 1.54) is 0 Å². The number of carbonyl (C=O) groups excluding carboxylic acids is 1. The van der Waals surface area contributed by atoms with Crippen LogP contribution in [0.25, 0.3) is 0 Å². The van der Waals surface area contributed by atoms with E-state index in [2.05, 4.69) is 5.16 Å². The van der Waals surface area contributed by atoms with E-state index in [9.17, 15) is 4.79 Å². The summed E-state index contributed by atoms with van der Waals surface area (Å²) >= 11 is 0. The van der Waals surface area contributed by atoms with Gasteiger partial charge >= 0.3 is 0 Å². The Bertz CT molecular complexity index is 397. The minimum absolute atomic E-state index is 0. The number of aromatic nitrogens is 1. The average molecular weight is 276 g/mol. The van der Waals surface area contributed by atoms with Gasteiger partial charge in [-0.2, -0.15) is 0 Å². The maximum absolute atomic E-state index is 12.1. The SMILES string of the molecule is COCc1cc(C(=O)N2CCC[C@@H](N)C2)no1.Cl. The topological polar surface area (TPSA) is 81.6 Å². The van der Waals surface area contributed by atoms with Gasteiger partial charge in [0, 0.05) is 32.3 Å². The first kappa shape index (κ1) is 14.9. The molecule has 0 aromatic carbocycles. The van der Waals surface area contributed by atoms with Crippen LogP contribution >= 0.6 is 12.4 Å². The lowest BCUT2D eigenvalue weighted by Gasteiger charge is -2.29. The first-order valence-corrected chi connectivity index (χ1v) is 5.70. The second kappa shape index (κ2) is 6.72. The largest absolute Gasteiger partial charge is 0.377 e. The van der Waals surface area contributed by atoms with Gasteiger partial charge in [0.25, 0.3) is 5.91 Å². The zero-order chi connectivity index (χ0) is 12.3. The van der Waals surface area contributed by atoms with Crippen LogP contribution in [0.3, 0.4) is 0 Å². The Hall–Kier alpha value is -1.11. The molecule has 0 saturated carbocycles. The number of likely N-dealkylation sites (tertiary alicyclic amines) is 1. The van der Waals surface area contributed by atoms with E-state index < -0.39 is 0 Å². The van der Waals surface area contributed by atoms with Crippen LogP contribution in [0.15, 0.2) is 10.6 Å².